The van der Waals surface area contributed by atoms with Crippen LogP contribution in [-0.2, 0) is 16.8 Å². The highest BCUT2D eigenvalue weighted by molar-refractivity contribution is 5.80. The highest BCUT2D eigenvalue weighted by atomic mass is 16.4. The molecule has 0 saturated carbocycles. The molecule has 1 N–H and O–H groups in total. The summed E-state index contributed by atoms with van der Waals surface area (Å²) in [5, 5.41) is 9.53. The van der Waals surface area contributed by atoms with Crippen molar-refractivity contribution in [3.8, 4) is 0 Å². The van der Waals surface area contributed by atoms with Crippen LogP contribution in [0.3, 0.4) is 0 Å². The van der Waals surface area contributed by atoms with Crippen molar-refractivity contribution in [2.75, 3.05) is 14.1 Å². The van der Waals surface area contributed by atoms with E-state index < -0.39 is 11.5 Å². The maximum Gasteiger partial charge on any atom is 0.328 e. The molecule has 0 aliphatic rings. The van der Waals surface area contributed by atoms with Gasteiger partial charge in [-0.25, -0.2) is 4.79 Å². The minimum atomic E-state index is -0.924. The van der Waals surface area contributed by atoms with Crippen molar-refractivity contribution in [3.63, 3.8) is 0 Å². The number of hydrogen-bond acceptors (Lipinski definition) is 2. The third-order valence-electron chi connectivity index (χ3n) is 3.47. The van der Waals surface area contributed by atoms with Gasteiger partial charge in [0.1, 0.15) is 5.54 Å². The first-order chi connectivity index (χ1) is 7.98. The van der Waals surface area contributed by atoms with E-state index in [1.807, 2.05) is 45.3 Å². The van der Waals surface area contributed by atoms with E-state index in [1.165, 1.54) is 5.56 Å². The van der Waals surface area contributed by atoms with Crippen molar-refractivity contribution in [1.82, 2.24) is 4.90 Å². The summed E-state index contributed by atoms with van der Waals surface area (Å²) < 4.78 is 0. The fourth-order valence-corrected chi connectivity index (χ4v) is 2.26. The van der Waals surface area contributed by atoms with E-state index in [9.17, 15) is 9.90 Å². The van der Waals surface area contributed by atoms with Crippen molar-refractivity contribution < 1.29 is 9.90 Å². The lowest BCUT2D eigenvalue weighted by atomic mass is 9.85. The lowest BCUT2D eigenvalue weighted by Gasteiger charge is -2.35. The van der Waals surface area contributed by atoms with E-state index in [0.717, 1.165) is 12.0 Å². The number of nitrogens with zero attached hydrogens (tertiary/aromatic N) is 1. The number of likely N-dealkylation sites (N-methyl/N-ethyl adjacent to an activating group) is 1. The van der Waals surface area contributed by atoms with Crippen LogP contribution < -0.4 is 0 Å². The van der Waals surface area contributed by atoms with E-state index in [0.29, 0.717) is 6.42 Å². The number of carbonyl (C=O) groups is 1. The molecule has 94 valence electrons. The highest BCUT2D eigenvalue weighted by Gasteiger charge is 2.40. The van der Waals surface area contributed by atoms with Gasteiger partial charge in [0.05, 0.1) is 0 Å². The number of carboxylic acids is 1. The number of aryl methyl sites for hydroxylation is 1. The standard InChI is InChI=1S/C14H21NO2/c1-5-11-7-9-12(10-8-11)14(6-2,13(16)17)15(3)4/h7-10H,5-6H2,1-4H3,(H,16,17). The molecule has 1 aromatic carbocycles. The molecule has 0 aliphatic carbocycles. The third kappa shape index (κ3) is 2.34. The number of aliphatic carboxylic acids is 1. The van der Waals surface area contributed by atoms with Gasteiger partial charge in [-0.2, -0.15) is 0 Å². The Kier molecular flexibility index (Phi) is 4.29. The van der Waals surface area contributed by atoms with Crippen molar-refractivity contribution in [2.24, 2.45) is 0 Å². The van der Waals surface area contributed by atoms with Crippen molar-refractivity contribution >= 4 is 5.97 Å². The predicted molar refractivity (Wildman–Crippen MR) is 69.1 cm³/mol. The zero-order valence-electron chi connectivity index (χ0n) is 11.0. The minimum absolute atomic E-state index is 0.542. The fourth-order valence-electron chi connectivity index (χ4n) is 2.26. The van der Waals surface area contributed by atoms with E-state index in [4.69, 9.17) is 0 Å². The Balaban J connectivity index is 3.26. The van der Waals surface area contributed by atoms with Crippen LogP contribution in [0.25, 0.3) is 0 Å². The summed E-state index contributed by atoms with van der Waals surface area (Å²) in [6.07, 6.45) is 1.51. The van der Waals surface area contributed by atoms with Crippen LogP contribution in [0.5, 0.6) is 0 Å². The van der Waals surface area contributed by atoms with Crippen molar-refractivity contribution in [1.29, 1.82) is 0 Å². The van der Waals surface area contributed by atoms with E-state index >= 15 is 0 Å². The summed E-state index contributed by atoms with van der Waals surface area (Å²) in [6, 6.07) is 7.87. The van der Waals surface area contributed by atoms with Gasteiger partial charge in [0.2, 0.25) is 0 Å². The fraction of sp³-hybridized carbons (Fsp3) is 0.500. The monoisotopic (exact) mass is 235 g/mol. The van der Waals surface area contributed by atoms with Crippen LogP contribution in [0.2, 0.25) is 0 Å². The normalized spacial score (nSPS) is 14.6. The van der Waals surface area contributed by atoms with E-state index in [2.05, 4.69) is 6.92 Å². The first kappa shape index (κ1) is 13.7. The van der Waals surface area contributed by atoms with Crippen LogP contribution in [0.15, 0.2) is 24.3 Å². The molecule has 0 bridgehead atoms. The SMILES string of the molecule is CCc1ccc(C(CC)(C(=O)O)N(C)C)cc1. The quantitative estimate of drug-likeness (QED) is 0.852. The van der Waals surface area contributed by atoms with Gasteiger partial charge in [0, 0.05) is 0 Å². The molecule has 1 rings (SSSR count). The Labute approximate surface area is 103 Å². The zero-order chi connectivity index (χ0) is 13.1. The molecule has 3 heteroatoms. The summed E-state index contributed by atoms with van der Waals surface area (Å²) in [6.45, 7) is 3.99. The van der Waals surface area contributed by atoms with Crippen molar-refractivity contribution in [3.05, 3.63) is 35.4 Å². The molecule has 1 atom stereocenters. The Bertz CT molecular complexity index is 384. The summed E-state index contributed by atoms with van der Waals surface area (Å²) >= 11 is 0. The summed E-state index contributed by atoms with van der Waals surface area (Å²) in [7, 11) is 3.62. The Hall–Kier alpha value is -1.35. The molecule has 0 aromatic heterocycles. The topological polar surface area (TPSA) is 40.5 Å². The maximum atomic E-state index is 11.6. The average Bonchev–Trinajstić information content (AvgIpc) is 2.30. The average molecular weight is 235 g/mol. The number of hydrogen-bond donors (Lipinski definition) is 1. The minimum Gasteiger partial charge on any atom is -0.480 e. The van der Waals surface area contributed by atoms with Gasteiger partial charge in [0.25, 0.3) is 0 Å². The van der Waals surface area contributed by atoms with Gasteiger partial charge in [-0.3, -0.25) is 4.90 Å². The van der Waals surface area contributed by atoms with Crippen LogP contribution in [0.4, 0.5) is 0 Å². The molecule has 0 fully saturated rings. The van der Waals surface area contributed by atoms with E-state index in [-0.39, 0.29) is 0 Å². The largest absolute Gasteiger partial charge is 0.480 e. The third-order valence-corrected chi connectivity index (χ3v) is 3.47. The van der Waals surface area contributed by atoms with Crippen LogP contribution in [0.1, 0.15) is 31.4 Å². The molecule has 0 heterocycles. The predicted octanol–water partition coefficient (Wildman–Crippen LogP) is 2.50. The molecule has 1 unspecified atom stereocenters. The van der Waals surface area contributed by atoms with Crippen LogP contribution in [-0.4, -0.2) is 30.1 Å². The second kappa shape index (κ2) is 5.32. The first-order valence-corrected chi connectivity index (χ1v) is 5.99. The number of rotatable bonds is 5. The second-order valence-electron chi connectivity index (χ2n) is 4.46. The number of benzene rings is 1. The van der Waals surface area contributed by atoms with E-state index in [1.54, 1.807) is 4.90 Å². The smallest absolute Gasteiger partial charge is 0.328 e. The summed E-state index contributed by atoms with van der Waals surface area (Å²) in [5.74, 6) is -0.797. The van der Waals surface area contributed by atoms with Gasteiger partial charge in [0.15, 0.2) is 0 Å². The molecular formula is C14H21NO2. The first-order valence-electron chi connectivity index (χ1n) is 5.99. The Morgan fingerprint density at radius 3 is 2.06 bits per heavy atom. The highest BCUT2D eigenvalue weighted by Crippen LogP contribution is 2.30. The maximum absolute atomic E-state index is 11.6. The lowest BCUT2D eigenvalue weighted by Crippen LogP contribution is -2.47. The molecule has 1 aromatic rings. The van der Waals surface area contributed by atoms with Gasteiger partial charge in [-0.05, 0) is 38.1 Å². The summed E-state index contributed by atoms with van der Waals surface area (Å²) in [4.78, 5) is 13.4. The second-order valence-corrected chi connectivity index (χ2v) is 4.46. The molecule has 0 aliphatic heterocycles. The zero-order valence-corrected chi connectivity index (χ0v) is 11.0. The molecule has 17 heavy (non-hydrogen) atoms. The molecule has 0 radical (unpaired) electrons. The van der Waals surface area contributed by atoms with Gasteiger partial charge >= 0.3 is 5.97 Å². The van der Waals surface area contributed by atoms with Crippen LogP contribution >= 0.6 is 0 Å². The molecule has 3 nitrogen and oxygen atoms in total. The Morgan fingerprint density at radius 1 is 1.24 bits per heavy atom. The molecule has 0 spiro atoms. The summed E-state index contributed by atoms with van der Waals surface area (Å²) in [5.41, 5.74) is 1.14. The van der Waals surface area contributed by atoms with Gasteiger partial charge in [-0.1, -0.05) is 38.1 Å². The lowest BCUT2D eigenvalue weighted by molar-refractivity contribution is -0.151. The van der Waals surface area contributed by atoms with Crippen LogP contribution in [0, 0.1) is 0 Å². The van der Waals surface area contributed by atoms with Gasteiger partial charge < -0.3 is 5.11 Å². The molecule has 0 amide bonds. The van der Waals surface area contributed by atoms with Crippen molar-refractivity contribution in [2.45, 2.75) is 32.2 Å². The Morgan fingerprint density at radius 2 is 1.76 bits per heavy atom. The molecule has 0 saturated heterocycles. The van der Waals surface area contributed by atoms with Gasteiger partial charge in [-0.15, -0.1) is 0 Å². The molecular weight excluding hydrogens is 214 g/mol. The number of carboxylic acid groups (broad SMARTS) is 1.